The maximum Gasteiger partial charge on any atom is 0.252 e. The van der Waals surface area contributed by atoms with Gasteiger partial charge in [0.05, 0.1) is 24.9 Å². The summed E-state index contributed by atoms with van der Waals surface area (Å²) < 4.78 is 11.6. The Hall–Kier alpha value is -3.34. The first-order chi connectivity index (χ1) is 14.7. The van der Waals surface area contributed by atoms with Crippen molar-refractivity contribution in [3.8, 4) is 11.5 Å². The molecule has 1 heterocycles. The highest BCUT2D eigenvalue weighted by atomic mass is 16.5. The molecule has 1 atom stereocenters. The Labute approximate surface area is 178 Å². The van der Waals surface area contributed by atoms with E-state index in [1.807, 2.05) is 55.5 Å². The number of ether oxygens (including phenoxy) is 2. The van der Waals surface area contributed by atoms with Crippen LogP contribution in [0.15, 0.2) is 72.9 Å². The van der Waals surface area contributed by atoms with E-state index in [0.717, 1.165) is 24.1 Å². The summed E-state index contributed by atoms with van der Waals surface area (Å²) in [5.41, 5.74) is 2.26. The zero-order valence-corrected chi connectivity index (χ0v) is 17.5. The van der Waals surface area contributed by atoms with Crippen molar-refractivity contribution in [2.75, 3.05) is 13.2 Å². The van der Waals surface area contributed by atoms with E-state index >= 15 is 0 Å². The van der Waals surface area contributed by atoms with E-state index in [2.05, 4.69) is 17.2 Å². The predicted molar refractivity (Wildman–Crippen MR) is 118 cm³/mol. The van der Waals surface area contributed by atoms with Crippen LogP contribution in [-0.4, -0.2) is 24.1 Å². The summed E-state index contributed by atoms with van der Waals surface area (Å²) in [6.07, 6.45) is 3.51. The first-order valence-electron chi connectivity index (χ1n) is 10.4. The Morgan fingerprint density at radius 2 is 1.60 bits per heavy atom. The van der Waals surface area contributed by atoms with Crippen LogP contribution in [0.2, 0.25) is 0 Å². The molecule has 0 aliphatic rings. The molecule has 0 aliphatic carbocycles. The molecule has 0 bridgehead atoms. The Kier molecular flexibility index (Phi) is 7.84. The lowest BCUT2D eigenvalue weighted by molar-refractivity contribution is 0.0941. The van der Waals surface area contributed by atoms with E-state index in [1.165, 1.54) is 0 Å². The van der Waals surface area contributed by atoms with Gasteiger partial charge in [-0.2, -0.15) is 0 Å². The molecule has 0 fully saturated rings. The summed E-state index contributed by atoms with van der Waals surface area (Å²) in [6, 6.07) is 20.5. The topological polar surface area (TPSA) is 60.5 Å². The predicted octanol–water partition coefficient (Wildman–Crippen LogP) is 5.18. The van der Waals surface area contributed by atoms with Crippen LogP contribution < -0.4 is 14.8 Å². The molecule has 0 saturated heterocycles. The van der Waals surface area contributed by atoms with E-state index in [9.17, 15) is 4.79 Å². The van der Waals surface area contributed by atoms with Gasteiger partial charge in [-0.1, -0.05) is 50.2 Å². The Bertz CT molecular complexity index is 890. The number of carbonyl (C=O) groups excluding carboxylic acids is 1. The third-order valence-electron chi connectivity index (χ3n) is 4.52. The Morgan fingerprint density at radius 1 is 0.900 bits per heavy atom. The summed E-state index contributed by atoms with van der Waals surface area (Å²) in [5, 5.41) is 3.11. The Balaban J connectivity index is 1.86. The lowest BCUT2D eigenvalue weighted by Gasteiger charge is -2.19. The van der Waals surface area contributed by atoms with Gasteiger partial charge in [-0.25, -0.2) is 0 Å². The van der Waals surface area contributed by atoms with Gasteiger partial charge in [-0.3, -0.25) is 9.78 Å². The van der Waals surface area contributed by atoms with Crippen molar-refractivity contribution in [3.05, 3.63) is 89.7 Å². The summed E-state index contributed by atoms with van der Waals surface area (Å²) in [6.45, 7) is 5.26. The minimum atomic E-state index is -0.351. The monoisotopic (exact) mass is 404 g/mol. The van der Waals surface area contributed by atoms with Gasteiger partial charge >= 0.3 is 0 Å². The number of aromatic nitrogens is 1. The van der Waals surface area contributed by atoms with Crippen LogP contribution in [0.1, 0.15) is 54.3 Å². The van der Waals surface area contributed by atoms with E-state index in [0.29, 0.717) is 30.3 Å². The molecule has 1 aromatic heterocycles. The van der Waals surface area contributed by atoms with Crippen molar-refractivity contribution >= 4 is 5.91 Å². The second kappa shape index (κ2) is 11.0. The van der Waals surface area contributed by atoms with E-state index < -0.39 is 0 Å². The molecular formula is C25H28N2O3. The standard InChI is InChI=1S/C25H28N2O3/c1-3-16-29-22-14-13-20(18-23(22)30-17-4-2)25(28)27-24(19-10-6-5-7-11-19)21-12-8-9-15-26-21/h5-15,18,24H,3-4,16-17H2,1-2H3,(H,27,28). The van der Waals surface area contributed by atoms with Gasteiger partial charge in [-0.05, 0) is 48.7 Å². The fourth-order valence-electron chi connectivity index (χ4n) is 3.04. The highest BCUT2D eigenvalue weighted by Crippen LogP contribution is 2.29. The van der Waals surface area contributed by atoms with Gasteiger partial charge in [0.2, 0.25) is 0 Å². The lowest BCUT2D eigenvalue weighted by Crippen LogP contribution is -2.30. The number of carbonyl (C=O) groups is 1. The van der Waals surface area contributed by atoms with E-state index in [1.54, 1.807) is 24.4 Å². The average Bonchev–Trinajstić information content (AvgIpc) is 2.81. The molecule has 30 heavy (non-hydrogen) atoms. The molecule has 1 unspecified atom stereocenters. The highest BCUT2D eigenvalue weighted by Gasteiger charge is 2.20. The number of nitrogens with one attached hydrogen (secondary N) is 1. The molecule has 2 aromatic carbocycles. The maximum absolute atomic E-state index is 13.1. The number of benzene rings is 2. The van der Waals surface area contributed by atoms with Crippen LogP contribution in [0.4, 0.5) is 0 Å². The molecular weight excluding hydrogens is 376 g/mol. The smallest absolute Gasteiger partial charge is 0.252 e. The molecule has 1 amide bonds. The minimum absolute atomic E-state index is 0.196. The molecule has 0 spiro atoms. The fraction of sp³-hybridized carbons (Fsp3) is 0.280. The van der Waals surface area contributed by atoms with Crippen LogP contribution in [-0.2, 0) is 0 Å². The van der Waals surface area contributed by atoms with Crippen LogP contribution in [0.5, 0.6) is 11.5 Å². The van der Waals surface area contributed by atoms with Gasteiger partial charge in [0.1, 0.15) is 0 Å². The zero-order chi connectivity index (χ0) is 21.2. The van der Waals surface area contributed by atoms with Crippen LogP contribution in [0.25, 0.3) is 0 Å². The second-order valence-corrected chi connectivity index (χ2v) is 6.93. The number of hydrogen-bond acceptors (Lipinski definition) is 4. The van der Waals surface area contributed by atoms with Crippen molar-refractivity contribution in [2.45, 2.75) is 32.7 Å². The third-order valence-corrected chi connectivity index (χ3v) is 4.52. The lowest BCUT2D eigenvalue weighted by atomic mass is 10.0. The molecule has 3 rings (SSSR count). The normalized spacial score (nSPS) is 11.5. The van der Waals surface area contributed by atoms with Crippen molar-refractivity contribution in [3.63, 3.8) is 0 Å². The minimum Gasteiger partial charge on any atom is -0.490 e. The van der Waals surface area contributed by atoms with Gasteiger partial charge in [-0.15, -0.1) is 0 Å². The summed E-state index contributed by atoms with van der Waals surface area (Å²) >= 11 is 0. The van der Waals surface area contributed by atoms with E-state index in [-0.39, 0.29) is 11.9 Å². The van der Waals surface area contributed by atoms with Gasteiger partial charge < -0.3 is 14.8 Å². The summed E-state index contributed by atoms with van der Waals surface area (Å²) in [7, 11) is 0. The molecule has 0 radical (unpaired) electrons. The Morgan fingerprint density at radius 3 is 2.27 bits per heavy atom. The van der Waals surface area contributed by atoms with Gasteiger partial charge in [0.15, 0.2) is 11.5 Å². The van der Waals surface area contributed by atoms with Crippen molar-refractivity contribution in [2.24, 2.45) is 0 Å². The zero-order valence-electron chi connectivity index (χ0n) is 17.5. The van der Waals surface area contributed by atoms with Crippen molar-refractivity contribution in [1.82, 2.24) is 10.3 Å². The van der Waals surface area contributed by atoms with Crippen molar-refractivity contribution in [1.29, 1.82) is 0 Å². The van der Waals surface area contributed by atoms with E-state index in [4.69, 9.17) is 9.47 Å². The molecule has 5 heteroatoms. The summed E-state index contributed by atoms with van der Waals surface area (Å²) in [5.74, 6) is 1.05. The molecule has 5 nitrogen and oxygen atoms in total. The number of amides is 1. The highest BCUT2D eigenvalue weighted by molar-refractivity contribution is 5.95. The molecule has 1 N–H and O–H groups in total. The average molecular weight is 405 g/mol. The number of pyridine rings is 1. The SMILES string of the molecule is CCCOc1ccc(C(=O)NC(c2ccccc2)c2ccccn2)cc1OCCC. The third kappa shape index (κ3) is 5.60. The van der Waals surface area contributed by atoms with Crippen LogP contribution in [0.3, 0.4) is 0 Å². The molecule has 3 aromatic rings. The van der Waals surface area contributed by atoms with Gasteiger partial charge in [0.25, 0.3) is 5.91 Å². The first kappa shape index (κ1) is 21.4. The van der Waals surface area contributed by atoms with Crippen molar-refractivity contribution < 1.29 is 14.3 Å². The van der Waals surface area contributed by atoms with Crippen LogP contribution in [0, 0.1) is 0 Å². The first-order valence-corrected chi connectivity index (χ1v) is 10.4. The van der Waals surface area contributed by atoms with Crippen LogP contribution >= 0.6 is 0 Å². The number of nitrogens with zero attached hydrogens (tertiary/aromatic N) is 1. The molecule has 0 saturated carbocycles. The number of rotatable bonds is 10. The summed E-state index contributed by atoms with van der Waals surface area (Å²) in [4.78, 5) is 17.6. The quantitative estimate of drug-likeness (QED) is 0.506. The van der Waals surface area contributed by atoms with Gasteiger partial charge in [0, 0.05) is 11.8 Å². The second-order valence-electron chi connectivity index (χ2n) is 6.93. The largest absolute Gasteiger partial charge is 0.490 e. The maximum atomic E-state index is 13.1. The molecule has 0 aliphatic heterocycles. The fourth-order valence-corrected chi connectivity index (χ4v) is 3.04. The molecule has 156 valence electrons. The number of hydrogen-bond donors (Lipinski definition) is 1.